The maximum atomic E-state index is 7.83. The number of furan rings is 2. The summed E-state index contributed by atoms with van der Waals surface area (Å²) in [6.45, 7) is 2.36. The zero-order valence-corrected chi connectivity index (χ0v) is 11.9. The van der Waals surface area contributed by atoms with Crippen molar-refractivity contribution >= 4 is 43.8 Å². The van der Waals surface area contributed by atoms with Crippen molar-refractivity contribution in [1.29, 1.82) is 5.41 Å². The molecule has 2 heterocycles. The van der Waals surface area contributed by atoms with Gasteiger partial charge in [0.1, 0.15) is 11.2 Å². The molecule has 0 aliphatic heterocycles. The molecule has 0 atom stereocenters. The first-order valence-corrected chi connectivity index (χ1v) is 6.76. The van der Waals surface area contributed by atoms with E-state index in [1.807, 2.05) is 19.1 Å². The van der Waals surface area contributed by atoms with Crippen LogP contribution in [0, 0.1) is 5.41 Å². The fourth-order valence-corrected chi connectivity index (χ4v) is 2.86. The van der Waals surface area contributed by atoms with Crippen LogP contribution in [0.2, 0.25) is 0 Å². The number of hydrogen-bond donors (Lipinski definition) is 1. The maximum absolute atomic E-state index is 7.83. The van der Waals surface area contributed by atoms with E-state index in [4.69, 9.17) is 19.0 Å². The third-order valence-corrected chi connectivity index (χ3v) is 3.81. The Labute approximate surface area is 118 Å². The molecule has 0 aliphatic rings. The Morgan fingerprint density at radius 2 is 1.89 bits per heavy atom. The first kappa shape index (κ1) is 12.3. The van der Waals surface area contributed by atoms with Crippen LogP contribution in [0.3, 0.4) is 0 Å². The van der Waals surface area contributed by atoms with E-state index in [0.717, 1.165) is 32.0 Å². The monoisotopic (exact) mass is 321 g/mol. The fraction of sp³-hybridized carbons (Fsp3) is 0.214. The predicted molar refractivity (Wildman–Crippen MR) is 76.7 cm³/mol. The van der Waals surface area contributed by atoms with Gasteiger partial charge in [-0.1, -0.05) is 0 Å². The van der Waals surface area contributed by atoms with E-state index in [-0.39, 0.29) is 5.90 Å². The molecule has 0 unspecified atom stereocenters. The molecule has 0 aliphatic carbocycles. The lowest BCUT2D eigenvalue weighted by molar-refractivity contribution is 0.317. The van der Waals surface area contributed by atoms with Gasteiger partial charge in [0, 0.05) is 16.3 Å². The Morgan fingerprint density at radius 1 is 1.21 bits per heavy atom. The van der Waals surface area contributed by atoms with Gasteiger partial charge in [0.15, 0.2) is 5.90 Å². The molecule has 0 fully saturated rings. The minimum atomic E-state index is 0.227. The van der Waals surface area contributed by atoms with Crippen LogP contribution in [0.15, 0.2) is 38.0 Å². The van der Waals surface area contributed by atoms with E-state index in [1.54, 1.807) is 12.5 Å². The largest absolute Gasteiger partial charge is 0.481 e. The normalized spacial score (nSPS) is 11.3. The van der Waals surface area contributed by atoms with Crippen molar-refractivity contribution in [2.24, 2.45) is 0 Å². The molecule has 5 heteroatoms. The summed E-state index contributed by atoms with van der Waals surface area (Å²) < 4.78 is 17.2. The second-order valence-electron chi connectivity index (χ2n) is 4.15. The zero-order chi connectivity index (χ0) is 13.4. The highest BCUT2D eigenvalue weighted by molar-refractivity contribution is 9.10. The summed E-state index contributed by atoms with van der Waals surface area (Å²) in [6.07, 6.45) is 3.67. The van der Waals surface area contributed by atoms with Gasteiger partial charge in [0.05, 0.1) is 30.0 Å². The topological polar surface area (TPSA) is 59.4 Å². The first-order chi connectivity index (χ1) is 9.22. The summed E-state index contributed by atoms with van der Waals surface area (Å²) >= 11 is 3.53. The average molecular weight is 322 g/mol. The van der Waals surface area contributed by atoms with Crippen molar-refractivity contribution < 1.29 is 13.6 Å². The highest BCUT2D eigenvalue weighted by atomic mass is 79.9. The first-order valence-electron chi connectivity index (χ1n) is 5.97. The van der Waals surface area contributed by atoms with E-state index >= 15 is 0 Å². The second kappa shape index (κ2) is 4.74. The third kappa shape index (κ3) is 1.94. The number of halogens is 1. The molecule has 1 aromatic carbocycles. The molecule has 0 spiro atoms. The number of hydrogen-bond acceptors (Lipinski definition) is 4. The van der Waals surface area contributed by atoms with Crippen LogP contribution >= 0.6 is 15.9 Å². The molecule has 4 nitrogen and oxygen atoms in total. The van der Waals surface area contributed by atoms with Gasteiger partial charge in [-0.15, -0.1) is 0 Å². The van der Waals surface area contributed by atoms with Gasteiger partial charge >= 0.3 is 0 Å². The second-order valence-corrected chi connectivity index (χ2v) is 4.95. The summed E-state index contributed by atoms with van der Waals surface area (Å²) in [5.74, 6) is 0.227. The van der Waals surface area contributed by atoms with Gasteiger partial charge < -0.3 is 13.6 Å². The lowest BCUT2D eigenvalue weighted by atomic mass is 10.0. The molecule has 0 saturated carbocycles. The SMILES string of the molecule is CCOC(=N)Cc1c2ccoc2c(Br)c2ccoc12. The Balaban J connectivity index is 2.24. The summed E-state index contributed by atoms with van der Waals surface area (Å²) in [5, 5.41) is 9.72. The van der Waals surface area contributed by atoms with E-state index < -0.39 is 0 Å². The van der Waals surface area contributed by atoms with Gasteiger partial charge in [-0.2, -0.15) is 0 Å². The van der Waals surface area contributed by atoms with Gasteiger partial charge in [0.2, 0.25) is 0 Å². The van der Waals surface area contributed by atoms with Gasteiger partial charge in [0.25, 0.3) is 0 Å². The lowest BCUT2D eigenvalue weighted by Crippen LogP contribution is -2.07. The Morgan fingerprint density at radius 3 is 2.63 bits per heavy atom. The molecule has 2 aromatic heterocycles. The lowest BCUT2D eigenvalue weighted by Gasteiger charge is -2.08. The van der Waals surface area contributed by atoms with Crippen molar-refractivity contribution in [2.45, 2.75) is 13.3 Å². The van der Waals surface area contributed by atoms with E-state index in [9.17, 15) is 0 Å². The van der Waals surface area contributed by atoms with E-state index in [1.165, 1.54) is 0 Å². The molecule has 0 amide bonds. The van der Waals surface area contributed by atoms with E-state index in [2.05, 4.69) is 15.9 Å². The fourth-order valence-electron chi connectivity index (χ4n) is 2.24. The van der Waals surface area contributed by atoms with Gasteiger partial charge in [-0.05, 0) is 35.0 Å². The highest BCUT2D eigenvalue weighted by Crippen LogP contribution is 2.37. The summed E-state index contributed by atoms with van der Waals surface area (Å²) in [4.78, 5) is 0. The molecule has 0 radical (unpaired) electrons. The Bertz CT molecular complexity index is 705. The average Bonchev–Trinajstić information content (AvgIpc) is 3.03. The van der Waals surface area contributed by atoms with Crippen LogP contribution in [-0.4, -0.2) is 12.5 Å². The minimum absolute atomic E-state index is 0.227. The van der Waals surface area contributed by atoms with E-state index in [0.29, 0.717) is 13.0 Å². The summed E-state index contributed by atoms with van der Waals surface area (Å²) in [6, 6.07) is 3.77. The van der Waals surface area contributed by atoms with Gasteiger partial charge in [-0.3, -0.25) is 5.41 Å². The van der Waals surface area contributed by atoms with Crippen LogP contribution in [0.4, 0.5) is 0 Å². The van der Waals surface area contributed by atoms with Crippen molar-refractivity contribution in [3.63, 3.8) is 0 Å². The molecule has 98 valence electrons. The molecule has 0 bridgehead atoms. The quantitative estimate of drug-likeness (QED) is 0.570. The van der Waals surface area contributed by atoms with Crippen LogP contribution in [0.1, 0.15) is 12.5 Å². The number of rotatable bonds is 3. The number of nitrogens with one attached hydrogen (secondary N) is 1. The predicted octanol–water partition coefficient (Wildman–Crippen LogP) is 4.50. The minimum Gasteiger partial charge on any atom is -0.481 e. The molecular weight excluding hydrogens is 310 g/mol. The van der Waals surface area contributed by atoms with Crippen LogP contribution in [0.5, 0.6) is 0 Å². The number of benzene rings is 1. The third-order valence-electron chi connectivity index (χ3n) is 3.02. The van der Waals surface area contributed by atoms with Crippen molar-refractivity contribution in [2.75, 3.05) is 6.61 Å². The summed E-state index contributed by atoms with van der Waals surface area (Å²) in [5.41, 5.74) is 2.46. The summed E-state index contributed by atoms with van der Waals surface area (Å²) in [7, 11) is 0. The molecule has 0 saturated heterocycles. The van der Waals surface area contributed by atoms with Crippen molar-refractivity contribution in [3.8, 4) is 0 Å². The van der Waals surface area contributed by atoms with Crippen LogP contribution < -0.4 is 0 Å². The molecular formula is C14H12BrNO3. The molecule has 1 N–H and O–H groups in total. The van der Waals surface area contributed by atoms with Crippen LogP contribution in [-0.2, 0) is 11.2 Å². The van der Waals surface area contributed by atoms with Crippen molar-refractivity contribution in [1.82, 2.24) is 0 Å². The highest BCUT2D eigenvalue weighted by Gasteiger charge is 2.18. The maximum Gasteiger partial charge on any atom is 0.185 e. The molecule has 3 aromatic rings. The van der Waals surface area contributed by atoms with Crippen molar-refractivity contribution in [3.05, 3.63) is 34.7 Å². The molecule has 3 rings (SSSR count). The smallest absolute Gasteiger partial charge is 0.185 e. The zero-order valence-electron chi connectivity index (χ0n) is 10.3. The van der Waals surface area contributed by atoms with Gasteiger partial charge in [-0.25, -0.2) is 0 Å². The standard InChI is InChI=1S/C14H12BrNO3/c1-2-17-11(16)7-10-8-3-5-19-14(8)12(15)9-4-6-18-13(9)10/h3-6,16H,2,7H2,1H3. The van der Waals surface area contributed by atoms with Crippen LogP contribution in [0.25, 0.3) is 21.9 Å². The Hall–Kier alpha value is -1.75. The number of fused-ring (bicyclic) bond motifs is 2. The Kier molecular flexibility index (Phi) is 3.06. The molecule has 19 heavy (non-hydrogen) atoms. The number of ether oxygens (including phenoxy) is 1.